The zero-order chi connectivity index (χ0) is 33.1. The molecule has 2 aromatic rings. The maximum absolute atomic E-state index is 14.1. The molecule has 0 saturated carbocycles. The number of benzene rings is 2. The summed E-state index contributed by atoms with van der Waals surface area (Å²) in [5, 5.41) is 2.95. The highest BCUT2D eigenvalue weighted by molar-refractivity contribution is 6.74. The van der Waals surface area contributed by atoms with Crippen LogP contribution in [0.5, 0.6) is 5.75 Å². The SMILES string of the molecule is COC(=O)[C@H](Cc1ccccc1)NC(=O)[C@H]1C[C@@](C)(c2cccc(O[Si](C)(C)C(C)(C)C)c2)[C@@H](C)CN1C(=O)OC(C)(C)C. The lowest BCUT2D eigenvalue weighted by atomic mass is 9.65. The van der Waals surface area contributed by atoms with E-state index in [9.17, 15) is 14.4 Å². The highest BCUT2D eigenvalue weighted by atomic mass is 28.4. The van der Waals surface area contributed by atoms with Gasteiger partial charge in [-0.2, -0.15) is 0 Å². The van der Waals surface area contributed by atoms with Crippen LogP contribution in [0.15, 0.2) is 54.6 Å². The van der Waals surface area contributed by atoms with Gasteiger partial charge < -0.3 is 19.2 Å². The Balaban J connectivity index is 1.98. The molecular formula is C35H52N2O6Si. The smallest absolute Gasteiger partial charge is 0.410 e. The molecule has 0 spiro atoms. The molecule has 1 fully saturated rings. The van der Waals surface area contributed by atoms with Crippen LogP contribution >= 0.6 is 0 Å². The second-order valence-electron chi connectivity index (χ2n) is 14.8. The van der Waals surface area contributed by atoms with Crippen molar-refractivity contribution in [1.29, 1.82) is 0 Å². The molecule has 1 heterocycles. The number of piperidine rings is 1. The predicted octanol–water partition coefficient (Wildman–Crippen LogP) is 6.87. The molecule has 2 amide bonds. The summed E-state index contributed by atoms with van der Waals surface area (Å²) >= 11 is 0. The van der Waals surface area contributed by atoms with Crippen molar-refractivity contribution >= 4 is 26.3 Å². The summed E-state index contributed by atoms with van der Waals surface area (Å²) in [5.41, 5.74) is 0.705. The van der Waals surface area contributed by atoms with E-state index in [0.29, 0.717) is 13.0 Å². The lowest BCUT2D eigenvalue weighted by Gasteiger charge is -2.49. The van der Waals surface area contributed by atoms with Gasteiger partial charge in [-0.3, -0.25) is 9.69 Å². The third-order valence-corrected chi connectivity index (χ3v) is 13.6. The summed E-state index contributed by atoms with van der Waals surface area (Å²) in [6, 6.07) is 15.8. The Bertz CT molecular complexity index is 1320. The fourth-order valence-electron chi connectivity index (χ4n) is 5.31. The molecule has 1 aliphatic heterocycles. The fraction of sp³-hybridized carbons (Fsp3) is 0.571. The minimum Gasteiger partial charge on any atom is -0.543 e. The minimum atomic E-state index is -2.08. The van der Waals surface area contributed by atoms with Crippen LogP contribution in [0.25, 0.3) is 0 Å². The highest BCUT2D eigenvalue weighted by Crippen LogP contribution is 2.44. The van der Waals surface area contributed by atoms with Crippen molar-refractivity contribution in [2.75, 3.05) is 13.7 Å². The van der Waals surface area contributed by atoms with Gasteiger partial charge in [0.15, 0.2) is 0 Å². The summed E-state index contributed by atoms with van der Waals surface area (Å²) in [4.78, 5) is 41.9. The lowest BCUT2D eigenvalue weighted by Crippen LogP contribution is -2.61. The van der Waals surface area contributed by atoms with Crippen molar-refractivity contribution in [2.24, 2.45) is 5.92 Å². The number of methoxy groups -OCH3 is 1. The normalized spacial score (nSPS) is 21.7. The van der Waals surface area contributed by atoms with E-state index in [0.717, 1.165) is 16.9 Å². The maximum atomic E-state index is 14.1. The average Bonchev–Trinajstić information content (AvgIpc) is 2.92. The van der Waals surface area contributed by atoms with Crippen LogP contribution in [0.4, 0.5) is 4.79 Å². The van der Waals surface area contributed by atoms with Gasteiger partial charge in [0.1, 0.15) is 23.4 Å². The molecule has 0 bridgehead atoms. The van der Waals surface area contributed by atoms with Crippen molar-refractivity contribution in [3.8, 4) is 5.75 Å². The van der Waals surface area contributed by atoms with Crippen molar-refractivity contribution < 1.29 is 28.3 Å². The predicted molar refractivity (Wildman–Crippen MR) is 176 cm³/mol. The van der Waals surface area contributed by atoms with Crippen LogP contribution in [0.2, 0.25) is 18.1 Å². The molecule has 242 valence electrons. The van der Waals surface area contributed by atoms with E-state index in [1.807, 2.05) is 42.5 Å². The first-order valence-corrected chi connectivity index (χ1v) is 18.4. The van der Waals surface area contributed by atoms with Gasteiger partial charge in [-0.25, -0.2) is 9.59 Å². The Morgan fingerprint density at radius 1 is 1.02 bits per heavy atom. The molecule has 1 N–H and O–H groups in total. The van der Waals surface area contributed by atoms with Gasteiger partial charge in [0.25, 0.3) is 0 Å². The molecule has 8 nitrogen and oxygen atoms in total. The van der Waals surface area contributed by atoms with Gasteiger partial charge in [-0.05, 0) is 79.9 Å². The molecule has 4 atom stereocenters. The van der Waals surface area contributed by atoms with Gasteiger partial charge in [-0.1, -0.05) is 77.1 Å². The first-order chi connectivity index (χ1) is 20.3. The zero-order valence-corrected chi connectivity index (χ0v) is 29.4. The Morgan fingerprint density at radius 2 is 1.66 bits per heavy atom. The van der Waals surface area contributed by atoms with E-state index in [1.165, 1.54) is 12.0 Å². The van der Waals surface area contributed by atoms with Crippen LogP contribution in [-0.4, -0.2) is 62.5 Å². The van der Waals surface area contributed by atoms with Crippen molar-refractivity contribution in [1.82, 2.24) is 10.2 Å². The molecule has 0 aromatic heterocycles. The standard InChI is InChI=1S/C35H52N2O6Si/c1-24-23-37(32(40)42-33(2,3)4)29(30(38)36-28(31(39)41-9)20-25-16-13-12-14-17-25)22-35(24,8)26-18-15-19-27(21-26)43-44(10,11)34(5,6)7/h12-19,21,24,28-29H,20,22-23H2,1-11H3,(H,36,38)/t24-,28-,29+,35+/m0/s1. The van der Waals surface area contributed by atoms with E-state index in [4.69, 9.17) is 13.9 Å². The Labute approximate surface area is 265 Å². The van der Waals surface area contributed by atoms with Crippen LogP contribution in [-0.2, 0) is 30.9 Å². The second kappa shape index (κ2) is 13.3. The Hall–Kier alpha value is -3.33. The number of likely N-dealkylation sites (tertiary alicyclic amines) is 1. The van der Waals surface area contributed by atoms with E-state index < -0.39 is 49.4 Å². The summed E-state index contributed by atoms with van der Waals surface area (Å²) in [7, 11) is -0.779. The molecule has 1 saturated heterocycles. The molecule has 1 aliphatic rings. The van der Waals surface area contributed by atoms with Crippen LogP contribution < -0.4 is 9.74 Å². The zero-order valence-electron chi connectivity index (χ0n) is 28.4. The lowest BCUT2D eigenvalue weighted by molar-refractivity contribution is -0.146. The van der Waals surface area contributed by atoms with E-state index in [1.54, 1.807) is 20.8 Å². The molecular weight excluding hydrogens is 572 g/mol. The summed E-state index contributed by atoms with van der Waals surface area (Å²) < 4.78 is 17.4. The topological polar surface area (TPSA) is 94.2 Å². The van der Waals surface area contributed by atoms with Gasteiger partial charge in [0.2, 0.25) is 14.2 Å². The molecule has 44 heavy (non-hydrogen) atoms. The molecule has 3 rings (SSSR count). The van der Waals surface area contributed by atoms with E-state index >= 15 is 0 Å². The molecule has 2 aromatic carbocycles. The third kappa shape index (κ3) is 8.43. The number of esters is 1. The van der Waals surface area contributed by atoms with Gasteiger partial charge in [0, 0.05) is 13.0 Å². The van der Waals surface area contributed by atoms with Crippen LogP contribution in [0.1, 0.15) is 72.9 Å². The van der Waals surface area contributed by atoms with Crippen molar-refractivity contribution in [3.05, 3.63) is 65.7 Å². The molecule has 0 radical (unpaired) electrons. The number of carbonyl (C=O) groups excluding carboxylic acids is 3. The molecule has 0 aliphatic carbocycles. The first-order valence-electron chi connectivity index (χ1n) is 15.5. The van der Waals surface area contributed by atoms with Crippen molar-refractivity contribution in [2.45, 2.75) is 109 Å². The largest absolute Gasteiger partial charge is 0.543 e. The summed E-state index contributed by atoms with van der Waals surface area (Å²) in [6.07, 6.45) is 0.0419. The first kappa shape index (κ1) is 35.1. The number of nitrogens with zero attached hydrogens (tertiary/aromatic N) is 1. The van der Waals surface area contributed by atoms with E-state index in [-0.39, 0.29) is 17.4 Å². The quantitative estimate of drug-likeness (QED) is 0.254. The number of amides is 2. The highest BCUT2D eigenvalue weighted by Gasteiger charge is 2.49. The van der Waals surface area contributed by atoms with Crippen molar-refractivity contribution in [3.63, 3.8) is 0 Å². The van der Waals surface area contributed by atoms with E-state index in [2.05, 4.69) is 65.2 Å². The van der Waals surface area contributed by atoms with Gasteiger partial charge in [-0.15, -0.1) is 0 Å². The third-order valence-electron chi connectivity index (χ3n) is 9.24. The second-order valence-corrected chi connectivity index (χ2v) is 19.6. The monoisotopic (exact) mass is 624 g/mol. The van der Waals surface area contributed by atoms with Crippen LogP contribution in [0, 0.1) is 5.92 Å². The van der Waals surface area contributed by atoms with Gasteiger partial charge in [0.05, 0.1) is 7.11 Å². The number of ether oxygens (including phenoxy) is 2. The minimum absolute atomic E-state index is 0.0112. The number of nitrogens with one attached hydrogen (secondary N) is 1. The van der Waals surface area contributed by atoms with Crippen LogP contribution in [0.3, 0.4) is 0 Å². The Morgan fingerprint density at radius 3 is 2.23 bits per heavy atom. The molecule has 9 heteroatoms. The number of rotatable bonds is 8. The Kier molecular flexibility index (Phi) is 10.7. The summed E-state index contributed by atoms with van der Waals surface area (Å²) in [6.45, 7) is 21.0. The number of hydrogen-bond acceptors (Lipinski definition) is 6. The summed E-state index contributed by atoms with van der Waals surface area (Å²) in [5.74, 6) is -0.169. The average molecular weight is 625 g/mol. The number of carbonyl (C=O) groups is 3. The fourth-order valence-corrected chi connectivity index (χ4v) is 6.33. The number of hydrogen-bond donors (Lipinski definition) is 1. The maximum Gasteiger partial charge on any atom is 0.410 e. The molecule has 0 unspecified atom stereocenters. The van der Waals surface area contributed by atoms with Gasteiger partial charge >= 0.3 is 12.1 Å².